The Morgan fingerprint density at radius 3 is 2.84 bits per heavy atom. The fourth-order valence-corrected chi connectivity index (χ4v) is 4.16. The molecule has 0 amide bonds. The Labute approximate surface area is 118 Å². The van der Waals surface area contributed by atoms with Crippen LogP contribution in [0.25, 0.3) is 0 Å². The van der Waals surface area contributed by atoms with Crippen LogP contribution in [-0.4, -0.2) is 22.5 Å². The zero-order valence-electron chi connectivity index (χ0n) is 11.3. The Hall–Kier alpha value is -1.22. The highest BCUT2D eigenvalue weighted by atomic mass is 32.2. The summed E-state index contributed by atoms with van der Waals surface area (Å²) >= 11 is 1.79. The molecule has 0 saturated carbocycles. The molecule has 1 unspecified atom stereocenters. The molecular weight excluding hydrogens is 254 g/mol. The van der Waals surface area contributed by atoms with E-state index >= 15 is 0 Å². The van der Waals surface area contributed by atoms with Crippen molar-refractivity contribution in [1.29, 1.82) is 0 Å². The van der Waals surface area contributed by atoms with Gasteiger partial charge in [-0.1, -0.05) is 49.0 Å². The van der Waals surface area contributed by atoms with E-state index in [2.05, 4.69) is 36.1 Å². The van der Waals surface area contributed by atoms with Crippen molar-refractivity contribution in [1.82, 2.24) is 4.90 Å². The summed E-state index contributed by atoms with van der Waals surface area (Å²) in [5.41, 5.74) is 2.42. The SMILES string of the molecule is CCC1SC2=C(CCCN2Cc2ccccc2)C1=O. The van der Waals surface area contributed by atoms with Gasteiger partial charge in [0.15, 0.2) is 5.78 Å². The van der Waals surface area contributed by atoms with Crippen LogP contribution in [0.3, 0.4) is 0 Å². The highest BCUT2D eigenvalue weighted by molar-refractivity contribution is 8.04. The van der Waals surface area contributed by atoms with Crippen molar-refractivity contribution in [2.45, 2.75) is 38.0 Å². The van der Waals surface area contributed by atoms with E-state index in [0.29, 0.717) is 5.78 Å². The molecule has 19 heavy (non-hydrogen) atoms. The van der Waals surface area contributed by atoms with Crippen molar-refractivity contribution in [3.63, 3.8) is 0 Å². The van der Waals surface area contributed by atoms with E-state index in [1.165, 1.54) is 10.6 Å². The highest BCUT2D eigenvalue weighted by Gasteiger charge is 2.36. The highest BCUT2D eigenvalue weighted by Crippen LogP contribution is 2.43. The first-order chi connectivity index (χ1) is 9.29. The third kappa shape index (κ3) is 2.44. The number of carbonyl (C=O) groups excluding carboxylic acids is 1. The molecule has 0 radical (unpaired) electrons. The molecule has 2 nitrogen and oxygen atoms in total. The minimum atomic E-state index is 0.168. The van der Waals surface area contributed by atoms with Gasteiger partial charge < -0.3 is 4.90 Å². The van der Waals surface area contributed by atoms with Gasteiger partial charge in [0.1, 0.15) is 0 Å². The average Bonchev–Trinajstić information content (AvgIpc) is 2.78. The number of hydrogen-bond donors (Lipinski definition) is 0. The van der Waals surface area contributed by atoms with Gasteiger partial charge in [-0.3, -0.25) is 4.79 Å². The quantitative estimate of drug-likeness (QED) is 0.839. The Morgan fingerprint density at radius 1 is 1.32 bits per heavy atom. The van der Waals surface area contributed by atoms with Crippen molar-refractivity contribution in [2.75, 3.05) is 6.54 Å². The predicted octanol–water partition coefficient (Wildman–Crippen LogP) is 3.59. The summed E-state index contributed by atoms with van der Waals surface area (Å²) in [4.78, 5) is 14.7. The number of thioether (sulfide) groups is 1. The monoisotopic (exact) mass is 273 g/mol. The molecule has 3 heteroatoms. The molecule has 1 atom stereocenters. The van der Waals surface area contributed by atoms with Gasteiger partial charge in [0.25, 0.3) is 0 Å². The van der Waals surface area contributed by atoms with Crippen molar-refractivity contribution >= 4 is 17.5 Å². The lowest BCUT2D eigenvalue weighted by Gasteiger charge is -2.30. The van der Waals surface area contributed by atoms with Gasteiger partial charge in [-0.15, -0.1) is 0 Å². The number of hydrogen-bond acceptors (Lipinski definition) is 3. The van der Waals surface area contributed by atoms with Crippen LogP contribution in [0.5, 0.6) is 0 Å². The number of ketones is 1. The van der Waals surface area contributed by atoms with E-state index in [0.717, 1.165) is 37.9 Å². The molecular formula is C16H19NOS. The molecule has 0 aromatic heterocycles. The van der Waals surface area contributed by atoms with E-state index in [9.17, 15) is 4.79 Å². The van der Waals surface area contributed by atoms with Gasteiger partial charge in [-0.05, 0) is 24.8 Å². The Bertz CT molecular complexity index is 509. The van der Waals surface area contributed by atoms with Crippen LogP contribution >= 0.6 is 11.8 Å². The van der Waals surface area contributed by atoms with Crippen LogP contribution in [0.4, 0.5) is 0 Å². The predicted molar refractivity (Wildman–Crippen MR) is 79.8 cm³/mol. The molecule has 2 aliphatic rings. The summed E-state index contributed by atoms with van der Waals surface area (Å²) in [5.74, 6) is 0.389. The number of nitrogens with zero attached hydrogens (tertiary/aromatic N) is 1. The number of rotatable bonds is 3. The Kier molecular flexibility index (Phi) is 3.65. The summed E-state index contributed by atoms with van der Waals surface area (Å²) in [7, 11) is 0. The summed E-state index contributed by atoms with van der Waals surface area (Å²) in [6, 6.07) is 10.5. The molecule has 3 rings (SSSR count). The van der Waals surface area contributed by atoms with Crippen LogP contribution in [0, 0.1) is 0 Å². The summed E-state index contributed by atoms with van der Waals surface area (Å²) < 4.78 is 0. The molecule has 100 valence electrons. The first-order valence-electron chi connectivity index (χ1n) is 7.02. The second-order valence-corrected chi connectivity index (χ2v) is 6.36. The second kappa shape index (κ2) is 5.41. The largest absolute Gasteiger partial charge is 0.362 e. The molecule has 0 N–H and O–H groups in total. The fraction of sp³-hybridized carbons (Fsp3) is 0.438. The lowest BCUT2D eigenvalue weighted by atomic mass is 10.00. The zero-order chi connectivity index (χ0) is 13.2. The van der Waals surface area contributed by atoms with Crippen molar-refractivity contribution in [3.05, 3.63) is 46.5 Å². The first kappa shape index (κ1) is 12.8. The molecule has 1 aromatic carbocycles. The second-order valence-electron chi connectivity index (χ2n) is 5.17. The minimum absolute atomic E-state index is 0.168. The van der Waals surface area contributed by atoms with Gasteiger partial charge >= 0.3 is 0 Å². The molecule has 1 aromatic rings. The third-order valence-corrected chi connectivity index (χ3v) is 5.39. The number of Topliss-reactive ketones (excluding diaryl/α,β-unsaturated/α-hetero) is 1. The van der Waals surface area contributed by atoms with Crippen molar-refractivity contribution < 1.29 is 4.79 Å². The maximum atomic E-state index is 12.3. The summed E-state index contributed by atoms with van der Waals surface area (Å²) in [6.45, 7) is 4.11. The van der Waals surface area contributed by atoms with E-state index < -0.39 is 0 Å². The molecule has 2 heterocycles. The molecule has 0 fully saturated rings. The van der Waals surface area contributed by atoms with Crippen molar-refractivity contribution in [3.8, 4) is 0 Å². The summed E-state index contributed by atoms with van der Waals surface area (Å²) in [6.07, 6.45) is 3.02. The standard InChI is InChI=1S/C16H19NOS/c1-2-14-15(18)13-9-6-10-17(16(13)19-14)11-12-7-4-3-5-8-12/h3-5,7-8,14H,2,6,9-11H2,1H3. The van der Waals surface area contributed by atoms with E-state index in [1.807, 2.05) is 6.07 Å². The Balaban J connectivity index is 1.81. The maximum absolute atomic E-state index is 12.3. The third-order valence-electron chi connectivity index (χ3n) is 3.83. The minimum Gasteiger partial charge on any atom is -0.362 e. The average molecular weight is 273 g/mol. The number of carbonyl (C=O) groups is 1. The zero-order valence-corrected chi connectivity index (χ0v) is 12.1. The molecule has 0 aliphatic carbocycles. The normalized spacial score (nSPS) is 22.9. The maximum Gasteiger partial charge on any atom is 0.174 e. The van der Waals surface area contributed by atoms with Gasteiger partial charge in [0.2, 0.25) is 0 Å². The van der Waals surface area contributed by atoms with E-state index in [-0.39, 0.29) is 5.25 Å². The van der Waals surface area contributed by atoms with Crippen LogP contribution in [0.1, 0.15) is 31.7 Å². The van der Waals surface area contributed by atoms with Gasteiger partial charge in [-0.2, -0.15) is 0 Å². The Morgan fingerprint density at radius 2 is 2.11 bits per heavy atom. The van der Waals surface area contributed by atoms with Gasteiger partial charge in [0.05, 0.1) is 10.3 Å². The van der Waals surface area contributed by atoms with E-state index in [1.54, 1.807) is 11.8 Å². The molecule has 0 bridgehead atoms. The van der Waals surface area contributed by atoms with Crippen LogP contribution in [0.2, 0.25) is 0 Å². The van der Waals surface area contributed by atoms with Crippen LogP contribution in [-0.2, 0) is 11.3 Å². The molecule has 2 aliphatic heterocycles. The van der Waals surface area contributed by atoms with Gasteiger partial charge in [0, 0.05) is 18.7 Å². The molecule has 0 spiro atoms. The first-order valence-corrected chi connectivity index (χ1v) is 7.90. The van der Waals surface area contributed by atoms with Crippen molar-refractivity contribution in [2.24, 2.45) is 0 Å². The smallest absolute Gasteiger partial charge is 0.174 e. The topological polar surface area (TPSA) is 20.3 Å². The number of allylic oxidation sites excluding steroid dienone is 1. The van der Waals surface area contributed by atoms with Gasteiger partial charge in [-0.25, -0.2) is 0 Å². The van der Waals surface area contributed by atoms with E-state index in [4.69, 9.17) is 0 Å². The lowest BCUT2D eigenvalue weighted by Crippen LogP contribution is -2.26. The molecule has 0 saturated heterocycles. The van der Waals surface area contributed by atoms with Crippen LogP contribution < -0.4 is 0 Å². The summed E-state index contributed by atoms with van der Waals surface area (Å²) in [5, 5.41) is 1.42. The number of benzene rings is 1. The van der Waals surface area contributed by atoms with Crippen LogP contribution in [0.15, 0.2) is 40.9 Å². The fourth-order valence-electron chi connectivity index (χ4n) is 2.83. The lowest BCUT2D eigenvalue weighted by molar-refractivity contribution is -0.115.